The molecule has 2 unspecified atom stereocenters. The Kier molecular flexibility index (Phi) is 16.9. The third-order valence-electron chi connectivity index (χ3n) is 10.8. The predicted octanol–water partition coefficient (Wildman–Crippen LogP) is 7.30. The first-order valence-electron chi connectivity index (χ1n) is 21.1. The van der Waals surface area contributed by atoms with Crippen LogP contribution in [-0.4, -0.2) is 69.9 Å². The number of hydrogen-bond acceptors (Lipinski definition) is 10. The quantitative estimate of drug-likeness (QED) is 0.0295. The van der Waals surface area contributed by atoms with E-state index in [1.807, 2.05) is 49.0 Å². The highest BCUT2D eigenvalue weighted by Crippen LogP contribution is 2.37. The Morgan fingerprint density at radius 3 is 1.18 bits per heavy atom. The van der Waals surface area contributed by atoms with E-state index in [-0.39, 0.29) is 36.2 Å². The molecule has 2 atom stereocenters. The molecule has 14 nitrogen and oxygen atoms in total. The summed E-state index contributed by atoms with van der Waals surface area (Å²) in [7, 11) is 0. The molecule has 4 N–H and O–H groups in total. The topological polar surface area (TPSA) is 201 Å². The maximum atomic E-state index is 13.2. The smallest absolute Gasteiger partial charge is 0.347 e. The van der Waals surface area contributed by atoms with Crippen LogP contribution >= 0.6 is 0 Å². The van der Waals surface area contributed by atoms with Gasteiger partial charge in [0.05, 0.1) is 46.1 Å². The molecular formula is C46H62N4O10. The lowest BCUT2D eigenvalue weighted by Gasteiger charge is -2.21. The minimum atomic E-state index is -1.07. The van der Waals surface area contributed by atoms with Gasteiger partial charge in [0.15, 0.2) is 12.2 Å². The number of nitrogens with two attached hydrogens (primary N) is 2. The minimum absolute atomic E-state index is 0.181. The van der Waals surface area contributed by atoms with E-state index in [0.29, 0.717) is 46.7 Å². The number of ketones is 2. The zero-order valence-electron chi connectivity index (χ0n) is 36.4. The number of rotatable bonds is 25. The van der Waals surface area contributed by atoms with Crippen LogP contribution in [0.25, 0.3) is 21.8 Å². The highest BCUT2D eigenvalue weighted by atomic mass is 16.6. The van der Waals surface area contributed by atoms with E-state index in [9.17, 15) is 28.8 Å². The van der Waals surface area contributed by atoms with Crippen molar-refractivity contribution in [1.29, 1.82) is 0 Å². The lowest BCUT2D eigenvalue weighted by atomic mass is 10.0. The first-order chi connectivity index (χ1) is 28.6. The Bertz CT molecular complexity index is 2040. The molecule has 2 aromatic carbocycles. The fraction of sp³-hybridized carbons (Fsp3) is 0.522. The summed E-state index contributed by atoms with van der Waals surface area (Å²) in [6.07, 6.45) is 5.89. The average Bonchev–Trinajstić information content (AvgIpc) is 3.65. The second-order valence-electron chi connectivity index (χ2n) is 15.8. The molecule has 0 spiro atoms. The van der Waals surface area contributed by atoms with Crippen molar-refractivity contribution in [3.05, 3.63) is 58.9 Å². The lowest BCUT2D eigenvalue weighted by Crippen LogP contribution is -2.34. The van der Waals surface area contributed by atoms with Crippen LogP contribution in [0.5, 0.6) is 11.5 Å². The molecule has 4 rings (SSSR count). The number of primary amides is 2. The number of carbonyl (C=O) groups is 6. The number of carbonyl (C=O) groups excluding carboxylic acids is 6. The van der Waals surface area contributed by atoms with Crippen molar-refractivity contribution >= 4 is 57.1 Å². The molecule has 2 aromatic heterocycles. The van der Waals surface area contributed by atoms with Crippen LogP contribution in [0.4, 0.5) is 0 Å². The van der Waals surface area contributed by atoms with Gasteiger partial charge in [0.25, 0.3) is 23.4 Å². The molecule has 2 heterocycles. The third-order valence-corrected chi connectivity index (χ3v) is 10.8. The molecule has 0 aliphatic heterocycles. The highest BCUT2D eigenvalue weighted by Gasteiger charge is 2.32. The van der Waals surface area contributed by atoms with Gasteiger partial charge in [-0.3, -0.25) is 19.2 Å². The van der Waals surface area contributed by atoms with Crippen molar-refractivity contribution in [2.45, 2.75) is 132 Å². The minimum Gasteiger partial charge on any atom is -0.478 e. The van der Waals surface area contributed by atoms with Gasteiger partial charge in [-0.05, 0) is 64.8 Å². The summed E-state index contributed by atoms with van der Waals surface area (Å²) >= 11 is 0. The van der Waals surface area contributed by atoms with E-state index in [1.165, 1.54) is 0 Å². The number of aryl methyl sites for hydroxylation is 2. The van der Waals surface area contributed by atoms with Gasteiger partial charge in [-0.1, -0.05) is 78.4 Å². The molecule has 0 aliphatic rings. The van der Waals surface area contributed by atoms with Crippen LogP contribution in [0.3, 0.4) is 0 Å². The predicted molar refractivity (Wildman–Crippen MR) is 229 cm³/mol. The summed E-state index contributed by atoms with van der Waals surface area (Å²) in [4.78, 5) is 76.1. The monoisotopic (exact) mass is 830 g/mol. The van der Waals surface area contributed by atoms with Crippen LogP contribution in [0.15, 0.2) is 36.4 Å². The van der Waals surface area contributed by atoms with Gasteiger partial charge in [0.1, 0.15) is 11.5 Å². The van der Waals surface area contributed by atoms with E-state index in [2.05, 4.69) is 0 Å². The zero-order chi connectivity index (χ0) is 44.3. The second-order valence-corrected chi connectivity index (χ2v) is 15.8. The first kappa shape index (κ1) is 47.0. The lowest BCUT2D eigenvalue weighted by molar-refractivity contribution is -0.154. The van der Waals surface area contributed by atoms with Crippen molar-refractivity contribution in [2.24, 2.45) is 23.3 Å². The van der Waals surface area contributed by atoms with Crippen molar-refractivity contribution in [2.75, 3.05) is 13.2 Å². The fourth-order valence-electron chi connectivity index (χ4n) is 7.79. The van der Waals surface area contributed by atoms with Gasteiger partial charge in [0, 0.05) is 36.3 Å². The van der Waals surface area contributed by atoms with Gasteiger partial charge in [-0.15, -0.1) is 0 Å². The normalized spacial score (nSPS) is 12.5. The molecule has 0 radical (unpaired) electrons. The van der Waals surface area contributed by atoms with E-state index < -0.39 is 47.5 Å². The number of hydrogen-bond donors (Lipinski definition) is 2. The summed E-state index contributed by atoms with van der Waals surface area (Å²) in [6, 6.07) is 10.7. The van der Waals surface area contributed by atoms with Crippen molar-refractivity contribution in [3.8, 4) is 11.5 Å². The van der Waals surface area contributed by atoms with E-state index in [1.54, 1.807) is 52.0 Å². The number of unbranched alkanes of at least 4 members (excludes halogenated alkanes) is 7. The third kappa shape index (κ3) is 10.7. The van der Waals surface area contributed by atoms with Gasteiger partial charge >= 0.3 is 11.9 Å². The standard InChI is InChI=1S/C46H62N4O10/c1-9-57-45(55)41(27(3)4)59-33-23-19-21-31-37(33)35(39(51)43(47)53)29(7)49(31)25-17-15-13-11-12-14-16-18-26-50-30(8)36(40(52)44(48)54)38-32(50)22-20-24-34(38)60-42(28(5)6)46(56)58-10-2/h19-24,27-28,41-42H,9-18,25-26H2,1-8H3,(H2,47,53)(H2,48,54). The maximum absolute atomic E-state index is 13.2. The number of esters is 2. The first-order valence-corrected chi connectivity index (χ1v) is 21.1. The van der Waals surface area contributed by atoms with Crippen molar-refractivity contribution in [3.63, 3.8) is 0 Å². The van der Waals surface area contributed by atoms with Crippen LogP contribution in [0.2, 0.25) is 0 Å². The Morgan fingerprint density at radius 2 is 0.883 bits per heavy atom. The van der Waals surface area contributed by atoms with Crippen LogP contribution < -0.4 is 20.9 Å². The van der Waals surface area contributed by atoms with Crippen LogP contribution in [0.1, 0.15) is 125 Å². The summed E-state index contributed by atoms with van der Waals surface area (Å²) in [6.45, 7) is 16.0. The summed E-state index contributed by atoms with van der Waals surface area (Å²) < 4.78 is 26.9. The molecule has 0 bridgehead atoms. The number of Topliss-reactive ketones (excluding diaryl/α,β-unsaturated/α-hetero) is 2. The molecular weight excluding hydrogens is 769 g/mol. The van der Waals surface area contributed by atoms with Gasteiger partial charge < -0.3 is 39.5 Å². The van der Waals surface area contributed by atoms with E-state index in [4.69, 9.17) is 30.4 Å². The highest BCUT2D eigenvalue weighted by molar-refractivity contribution is 6.45. The summed E-state index contributed by atoms with van der Waals surface area (Å²) in [5.74, 6) is -4.56. The Hall–Kier alpha value is -5.66. The van der Waals surface area contributed by atoms with Gasteiger partial charge in [-0.25, -0.2) is 9.59 Å². The second kappa shape index (κ2) is 21.6. The molecule has 4 aromatic rings. The summed E-state index contributed by atoms with van der Waals surface area (Å²) in [5.41, 5.74) is 14.0. The molecule has 2 amide bonds. The Labute approximate surface area is 352 Å². The largest absolute Gasteiger partial charge is 0.478 e. The number of fused-ring (bicyclic) bond motifs is 2. The van der Waals surface area contributed by atoms with E-state index in [0.717, 1.165) is 62.4 Å². The SMILES string of the molecule is CCOC(=O)C(Oc1cccc2c1c(C(=O)C(N)=O)c(C)n2CCCCCCCCCCn1c(C)c(C(=O)C(N)=O)c2c(OC(C(=O)OCC)C(C)C)cccc21)C(C)C. The average molecular weight is 831 g/mol. The fourth-order valence-corrected chi connectivity index (χ4v) is 7.79. The van der Waals surface area contributed by atoms with Crippen LogP contribution in [0, 0.1) is 25.7 Å². The molecule has 14 heteroatoms. The summed E-state index contributed by atoms with van der Waals surface area (Å²) in [5, 5.41) is 0.908. The molecule has 60 heavy (non-hydrogen) atoms. The van der Waals surface area contributed by atoms with Crippen molar-refractivity contribution in [1.82, 2.24) is 9.13 Å². The number of amides is 2. The zero-order valence-corrected chi connectivity index (χ0v) is 36.4. The Morgan fingerprint density at radius 1 is 0.550 bits per heavy atom. The van der Waals surface area contributed by atoms with Crippen LogP contribution in [-0.2, 0) is 41.7 Å². The van der Waals surface area contributed by atoms with Crippen molar-refractivity contribution < 1.29 is 47.7 Å². The number of aromatic nitrogens is 2. The number of benzene rings is 2. The molecule has 0 saturated heterocycles. The maximum Gasteiger partial charge on any atom is 0.347 e. The molecule has 326 valence electrons. The molecule has 0 fully saturated rings. The Balaban J connectivity index is 1.37. The number of nitrogens with zero attached hydrogens (tertiary/aromatic N) is 2. The molecule has 0 saturated carbocycles. The van der Waals surface area contributed by atoms with E-state index >= 15 is 0 Å². The molecule has 0 aliphatic carbocycles. The van der Waals surface area contributed by atoms with Gasteiger partial charge in [-0.2, -0.15) is 0 Å². The van der Waals surface area contributed by atoms with Gasteiger partial charge in [0.2, 0.25) is 0 Å². The number of ether oxygens (including phenoxy) is 4.